The van der Waals surface area contributed by atoms with Crippen LogP contribution in [0, 0.1) is 0 Å². The average molecular weight is 583 g/mol. The van der Waals surface area contributed by atoms with E-state index in [0.717, 1.165) is 10.6 Å². The van der Waals surface area contributed by atoms with Crippen molar-refractivity contribution in [3.63, 3.8) is 0 Å². The number of nitrogens with one attached hydrogen (secondary N) is 1. The van der Waals surface area contributed by atoms with Crippen molar-refractivity contribution >= 4 is 73.9 Å². The number of rotatable bonds is 10. The number of anilines is 1. The van der Waals surface area contributed by atoms with Crippen LogP contribution in [-0.4, -0.2) is 50.0 Å². The maximum Gasteiger partial charge on any atom is 0.244 e. The first-order valence-electron chi connectivity index (χ1n) is 10.7. The summed E-state index contributed by atoms with van der Waals surface area (Å²) in [7, 11) is -3.95. The number of halogens is 4. The zero-order chi connectivity index (χ0) is 26.5. The fourth-order valence-electron chi connectivity index (χ4n) is 3.18. The fraction of sp³-hybridized carbons (Fsp3) is 0.391. The van der Waals surface area contributed by atoms with Crippen molar-refractivity contribution < 1.29 is 18.0 Å². The number of carbonyl (C=O) groups excluding carboxylic acids is 2. The van der Waals surface area contributed by atoms with Crippen molar-refractivity contribution in [2.45, 2.75) is 45.8 Å². The van der Waals surface area contributed by atoms with Gasteiger partial charge in [-0.05, 0) is 44.5 Å². The molecule has 0 heterocycles. The number of benzene rings is 2. The third-order valence-corrected chi connectivity index (χ3v) is 8.08. The van der Waals surface area contributed by atoms with Crippen molar-refractivity contribution in [1.82, 2.24) is 10.2 Å². The monoisotopic (exact) mass is 581 g/mol. The third kappa shape index (κ3) is 7.64. The Hall–Kier alpha value is -1.71. The van der Waals surface area contributed by atoms with Crippen LogP contribution >= 0.6 is 46.4 Å². The van der Waals surface area contributed by atoms with Crippen LogP contribution in [0.5, 0.6) is 0 Å². The molecule has 12 heteroatoms. The van der Waals surface area contributed by atoms with Gasteiger partial charge in [-0.15, -0.1) is 0 Å². The van der Waals surface area contributed by atoms with E-state index in [4.69, 9.17) is 46.4 Å². The highest BCUT2D eigenvalue weighted by molar-refractivity contribution is 7.92. The van der Waals surface area contributed by atoms with Gasteiger partial charge in [0.05, 0.1) is 22.0 Å². The number of nitrogens with zero attached hydrogens (tertiary/aromatic N) is 2. The molecular formula is C23H27Cl4N3O4S. The molecule has 0 bridgehead atoms. The van der Waals surface area contributed by atoms with Gasteiger partial charge in [0.2, 0.25) is 21.8 Å². The molecule has 0 unspecified atom stereocenters. The molecule has 0 aliphatic carbocycles. The first-order chi connectivity index (χ1) is 16.3. The van der Waals surface area contributed by atoms with Gasteiger partial charge in [0, 0.05) is 28.2 Å². The Bertz CT molecular complexity index is 1170. The number of hydrogen-bond acceptors (Lipinski definition) is 4. The first kappa shape index (κ1) is 29.5. The van der Waals surface area contributed by atoms with Crippen LogP contribution in [0.1, 0.15) is 32.8 Å². The van der Waals surface area contributed by atoms with Gasteiger partial charge in [0.15, 0.2) is 0 Å². The molecule has 7 nitrogen and oxygen atoms in total. The van der Waals surface area contributed by atoms with Gasteiger partial charge in [-0.25, -0.2) is 8.42 Å². The van der Waals surface area contributed by atoms with E-state index < -0.39 is 34.4 Å². The molecule has 0 aliphatic heterocycles. The van der Waals surface area contributed by atoms with Crippen molar-refractivity contribution in [1.29, 1.82) is 0 Å². The number of carbonyl (C=O) groups is 2. The Kier molecular flexibility index (Phi) is 10.5. The van der Waals surface area contributed by atoms with Crippen molar-refractivity contribution in [3.05, 3.63) is 62.1 Å². The van der Waals surface area contributed by atoms with E-state index in [1.807, 2.05) is 13.8 Å². The maximum atomic E-state index is 13.6. The van der Waals surface area contributed by atoms with Gasteiger partial charge < -0.3 is 10.2 Å². The predicted octanol–water partition coefficient (Wildman–Crippen LogP) is 5.40. The minimum absolute atomic E-state index is 0.0179. The summed E-state index contributed by atoms with van der Waals surface area (Å²) >= 11 is 25.0. The second-order valence-electron chi connectivity index (χ2n) is 8.06. The van der Waals surface area contributed by atoms with E-state index in [9.17, 15) is 18.0 Å². The minimum atomic E-state index is -3.95. The van der Waals surface area contributed by atoms with Crippen LogP contribution in [0.15, 0.2) is 36.4 Å². The van der Waals surface area contributed by atoms with Crippen LogP contribution in [0.25, 0.3) is 0 Å². The zero-order valence-electron chi connectivity index (χ0n) is 19.7. The molecule has 0 spiro atoms. The largest absolute Gasteiger partial charge is 0.352 e. The highest BCUT2D eigenvalue weighted by Gasteiger charge is 2.32. The summed E-state index contributed by atoms with van der Waals surface area (Å²) in [4.78, 5) is 27.7. The molecule has 2 aromatic rings. The fourth-order valence-corrected chi connectivity index (χ4v) is 5.00. The van der Waals surface area contributed by atoms with Crippen LogP contribution in [-0.2, 0) is 26.2 Å². The number of hydrogen-bond donors (Lipinski definition) is 1. The zero-order valence-corrected chi connectivity index (χ0v) is 23.5. The van der Waals surface area contributed by atoms with Crippen LogP contribution in [0.3, 0.4) is 0 Å². The van der Waals surface area contributed by atoms with E-state index in [1.54, 1.807) is 25.1 Å². The lowest BCUT2D eigenvalue weighted by molar-refractivity contribution is -0.139. The molecule has 2 atom stereocenters. The van der Waals surface area contributed by atoms with E-state index in [2.05, 4.69) is 5.32 Å². The molecule has 35 heavy (non-hydrogen) atoms. The van der Waals surface area contributed by atoms with Crippen LogP contribution in [0.4, 0.5) is 5.69 Å². The second-order valence-corrected chi connectivity index (χ2v) is 11.6. The quantitative estimate of drug-likeness (QED) is 0.406. The van der Waals surface area contributed by atoms with Crippen molar-refractivity contribution in [2.24, 2.45) is 0 Å². The number of sulfonamides is 1. The summed E-state index contributed by atoms with van der Waals surface area (Å²) in [6.45, 7) is 4.57. The molecule has 0 saturated heterocycles. The van der Waals surface area contributed by atoms with Gasteiger partial charge >= 0.3 is 0 Å². The third-order valence-electron chi connectivity index (χ3n) is 5.44. The molecular weight excluding hydrogens is 556 g/mol. The summed E-state index contributed by atoms with van der Waals surface area (Å²) in [5.74, 6) is -1.06. The molecule has 2 amide bonds. The SMILES string of the molecule is CC[C@@H](C)NC(=O)[C@H](C)N(Cc1c(Cl)cccc1Cl)C(=O)CN(c1cccc(Cl)c1Cl)S(C)(=O)=O. The minimum Gasteiger partial charge on any atom is -0.352 e. The standard InChI is InChI=1S/C23H27Cl4N3O4S/c1-5-14(2)28-23(32)15(3)29(12-16-17(24)8-6-9-18(16)25)21(31)13-30(35(4,33)34)20-11-7-10-19(26)22(20)27/h6-11,14-15H,5,12-13H2,1-4H3,(H,28,32)/t14-,15+/m1/s1. The van der Waals surface area contributed by atoms with Gasteiger partial charge in [-0.3, -0.25) is 13.9 Å². The molecule has 2 rings (SSSR count). The summed E-state index contributed by atoms with van der Waals surface area (Å²) in [5, 5.41) is 3.57. The molecule has 0 fully saturated rings. The molecule has 0 aromatic heterocycles. The normalized spacial score (nSPS) is 13.1. The number of amides is 2. The summed E-state index contributed by atoms with van der Waals surface area (Å²) in [6.07, 6.45) is 1.64. The molecule has 192 valence electrons. The lowest BCUT2D eigenvalue weighted by Crippen LogP contribution is -2.52. The Morgan fingerprint density at radius 1 is 0.971 bits per heavy atom. The van der Waals surface area contributed by atoms with E-state index in [1.165, 1.54) is 23.1 Å². The second kappa shape index (κ2) is 12.5. The highest BCUT2D eigenvalue weighted by atomic mass is 35.5. The Balaban J connectivity index is 2.49. The van der Waals surface area contributed by atoms with E-state index in [-0.39, 0.29) is 28.3 Å². The van der Waals surface area contributed by atoms with Crippen molar-refractivity contribution in [3.8, 4) is 0 Å². The molecule has 0 radical (unpaired) electrons. The molecule has 2 aromatic carbocycles. The molecule has 0 aliphatic rings. The Morgan fingerprint density at radius 2 is 1.51 bits per heavy atom. The topological polar surface area (TPSA) is 86.8 Å². The lowest BCUT2D eigenvalue weighted by Gasteiger charge is -2.32. The summed E-state index contributed by atoms with van der Waals surface area (Å²) in [6, 6.07) is 8.28. The van der Waals surface area contributed by atoms with Gasteiger partial charge in [0.1, 0.15) is 12.6 Å². The summed E-state index contributed by atoms with van der Waals surface area (Å²) in [5.41, 5.74) is 0.474. The lowest BCUT2D eigenvalue weighted by atomic mass is 10.1. The highest BCUT2D eigenvalue weighted by Crippen LogP contribution is 2.34. The van der Waals surface area contributed by atoms with Gasteiger partial charge in [-0.1, -0.05) is 65.5 Å². The maximum absolute atomic E-state index is 13.6. The molecule has 0 saturated carbocycles. The van der Waals surface area contributed by atoms with Crippen molar-refractivity contribution in [2.75, 3.05) is 17.1 Å². The van der Waals surface area contributed by atoms with Crippen LogP contribution in [0.2, 0.25) is 20.1 Å². The molecule has 1 N–H and O–H groups in total. The average Bonchev–Trinajstić information content (AvgIpc) is 2.78. The predicted molar refractivity (Wildman–Crippen MR) is 143 cm³/mol. The van der Waals surface area contributed by atoms with Gasteiger partial charge in [0.25, 0.3) is 0 Å². The Morgan fingerprint density at radius 3 is 2.06 bits per heavy atom. The smallest absolute Gasteiger partial charge is 0.244 e. The van der Waals surface area contributed by atoms with Crippen LogP contribution < -0.4 is 9.62 Å². The Labute approximate surface area is 226 Å². The first-order valence-corrected chi connectivity index (χ1v) is 14.1. The van der Waals surface area contributed by atoms with Gasteiger partial charge in [-0.2, -0.15) is 0 Å². The van der Waals surface area contributed by atoms with E-state index >= 15 is 0 Å². The van der Waals surface area contributed by atoms with E-state index in [0.29, 0.717) is 22.0 Å². The summed E-state index contributed by atoms with van der Waals surface area (Å²) < 4.78 is 26.1.